The van der Waals surface area contributed by atoms with Gasteiger partial charge < -0.3 is 50.9 Å². The van der Waals surface area contributed by atoms with Gasteiger partial charge in [-0.25, -0.2) is 9.18 Å². The molecule has 0 saturated carbocycles. The van der Waals surface area contributed by atoms with Crippen LogP contribution in [-0.4, -0.2) is 160 Å². The fourth-order valence-corrected chi connectivity index (χ4v) is 7.00. The van der Waals surface area contributed by atoms with Crippen molar-refractivity contribution >= 4 is 59.2 Å². The van der Waals surface area contributed by atoms with Crippen LogP contribution in [0.5, 0.6) is 0 Å². The first-order valence-electron chi connectivity index (χ1n) is 18.1. The van der Waals surface area contributed by atoms with E-state index in [1.165, 1.54) is 63.3 Å². The molecule has 3 aromatic carbocycles. The molecule has 6 rings (SSSR count). The van der Waals surface area contributed by atoms with Gasteiger partial charge in [-0.3, -0.25) is 24.1 Å². The number of aliphatic hydroxyl groups excluding tert-OH is 5. The minimum absolute atomic E-state index is 0.00887. The van der Waals surface area contributed by atoms with Crippen LogP contribution in [-0.2, 0) is 25.6 Å². The normalized spacial score (nSPS) is 17.5. The predicted molar refractivity (Wildman–Crippen MR) is 208 cm³/mol. The number of halogens is 2. The zero-order valence-corrected chi connectivity index (χ0v) is 32.2. The van der Waals surface area contributed by atoms with E-state index in [4.69, 9.17) is 26.6 Å². The highest BCUT2D eigenvalue weighted by atomic mass is 35.5. The van der Waals surface area contributed by atoms with Crippen LogP contribution in [0, 0.1) is 5.82 Å². The minimum atomic E-state index is -1.82. The summed E-state index contributed by atoms with van der Waals surface area (Å²) < 4.78 is 16.5. The van der Waals surface area contributed by atoms with Crippen molar-refractivity contribution in [2.24, 2.45) is 0 Å². The Balaban J connectivity index is 0.00000221. The number of fused-ring (bicyclic) bond motifs is 1. The number of piperazine rings is 1. The number of tetrazole rings is 1. The number of aromatic nitrogens is 4. The number of nitrogens with one attached hydrogen (secondary N) is 1. The first-order valence-corrected chi connectivity index (χ1v) is 18.5. The van der Waals surface area contributed by atoms with Gasteiger partial charge in [0.1, 0.15) is 30.7 Å². The Morgan fingerprint density at radius 1 is 0.967 bits per heavy atom. The average Bonchev–Trinajstić information content (AvgIpc) is 3.78. The molecule has 4 unspecified atom stereocenters. The van der Waals surface area contributed by atoms with Gasteiger partial charge in [-0.05, 0) is 76.5 Å². The maximum Gasteiger partial charge on any atom is 0.335 e. The molecule has 1 aromatic heterocycles. The van der Waals surface area contributed by atoms with E-state index in [0.717, 1.165) is 6.08 Å². The molecule has 0 radical (unpaired) electrons. The van der Waals surface area contributed by atoms with Crippen LogP contribution in [0.3, 0.4) is 0 Å². The van der Waals surface area contributed by atoms with Gasteiger partial charge in [-0.15, -0.1) is 5.10 Å². The third-order valence-electron chi connectivity index (χ3n) is 9.79. The summed E-state index contributed by atoms with van der Waals surface area (Å²) in [5.41, 5.74) is 1.82. The largest absolute Gasteiger partial charge is 0.483 e. The van der Waals surface area contributed by atoms with Gasteiger partial charge in [0, 0.05) is 49.2 Å². The first kappa shape index (κ1) is 44.9. The Morgan fingerprint density at radius 2 is 1.67 bits per heavy atom. The lowest BCUT2D eigenvalue weighted by Crippen LogP contribution is -2.55. The predicted octanol–water partition coefficient (Wildman–Crippen LogP) is -0.284. The fourth-order valence-electron chi connectivity index (χ4n) is 6.83. The summed E-state index contributed by atoms with van der Waals surface area (Å²) in [6, 6.07) is 11.9. The van der Waals surface area contributed by atoms with Gasteiger partial charge in [-0.1, -0.05) is 23.7 Å². The summed E-state index contributed by atoms with van der Waals surface area (Å²) in [5.74, 6) is -3.70. The van der Waals surface area contributed by atoms with Crippen molar-refractivity contribution in [2.75, 3.05) is 49.5 Å². The molecule has 318 valence electrons. The maximum atomic E-state index is 15.3. The summed E-state index contributed by atoms with van der Waals surface area (Å²) >= 11 is 6.07. The van der Waals surface area contributed by atoms with E-state index in [1.807, 2.05) is 0 Å². The van der Waals surface area contributed by atoms with Gasteiger partial charge in [0.15, 0.2) is 5.82 Å². The highest BCUT2D eigenvalue weighted by Gasteiger charge is 2.39. The van der Waals surface area contributed by atoms with E-state index in [-0.39, 0.29) is 79.0 Å². The van der Waals surface area contributed by atoms with Crippen molar-refractivity contribution in [1.29, 1.82) is 0 Å². The molecular weight excluding hydrogens is 815 g/mol. The maximum absolute atomic E-state index is 15.3. The van der Waals surface area contributed by atoms with Crippen LogP contribution in [0.4, 0.5) is 15.8 Å². The number of carbonyl (C=O) groups is 5. The monoisotopic (exact) mass is 854 g/mol. The molecule has 0 aliphatic carbocycles. The highest BCUT2D eigenvalue weighted by molar-refractivity contribution is 6.31. The summed E-state index contributed by atoms with van der Waals surface area (Å²) in [7, 11) is 0. The van der Waals surface area contributed by atoms with E-state index in [9.17, 15) is 44.7 Å². The molecule has 2 aliphatic rings. The third kappa shape index (κ3) is 10.1. The summed E-state index contributed by atoms with van der Waals surface area (Å²) in [6.07, 6.45) is -3.10. The Morgan fingerprint density at radius 3 is 2.30 bits per heavy atom. The van der Waals surface area contributed by atoms with E-state index in [1.54, 1.807) is 23.1 Å². The zero-order valence-electron chi connectivity index (χ0n) is 31.4. The van der Waals surface area contributed by atoms with Gasteiger partial charge in [0.05, 0.1) is 35.5 Å². The molecule has 3 heterocycles. The van der Waals surface area contributed by atoms with Crippen molar-refractivity contribution in [2.45, 2.75) is 36.9 Å². The molecule has 1 saturated heterocycles. The summed E-state index contributed by atoms with van der Waals surface area (Å²) in [5, 5.41) is 79.1. The first-order chi connectivity index (χ1) is 28.7. The number of anilines is 2. The average molecular weight is 855 g/mol. The van der Waals surface area contributed by atoms with Gasteiger partial charge in [-0.2, -0.15) is 4.68 Å². The number of aromatic carboxylic acids is 1. The summed E-state index contributed by atoms with van der Waals surface area (Å²) in [4.78, 5) is 65.9. The molecule has 5 atom stereocenters. The number of aliphatic hydroxyl groups is 5. The van der Waals surface area contributed by atoms with Crippen LogP contribution >= 0.6 is 11.6 Å². The van der Waals surface area contributed by atoms with Crippen molar-refractivity contribution in [3.8, 4) is 5.69 Å². The molecule has 60 heavy (non-hydrogen) atoms. The Bertz CT molecular complexity index is 2210. The SMILES string of the molecule is O=C(O)c1ccc(NC(=O)[C@@H]2c3cccc(N4CCN(CC(O)C(O)C(O)C(O)CO)CC4=O)c3CCN2C(=O)/C=C/c2c(-n3cnnn3)ccc(Cl)c2F)cc1.O=CO. The van der Waals surface area contributed by atoms with E-state index < -0.39 is 60.7 Å². The van der Waals surface area contributed by atoms with E-state index in [0.29, 0.717) is 16.8 Å². The number of carboxylic acids is 1. The number of carboxylic acid groups (broad SMARTS) is 2. The number of carbonyl (C=O) groups excluding carboxylic acids is 3. The van der Waals surface area contributed by atoms with Crippen LogP contribution in [0.25, 0.3) is 11.8 Å². The van der Waals surface area contributed by atoms with Gasteiger partial charge in [0.2, 0.25) is 11.8 Å². The lowest BCUT2D eigenvalue weighted by molar-refractivity contribution is -0.135. The lowest BCUT2D eigenvalue weighted by atomic mass is 9.89. The smallest absolute Gasteiger partial charge is 0.335 e. The molecular formula is C38H40ClFN8O12. The molecule has 22 heteroatoms. The number of benzene rings is 3. The van der Waals surface area contributed by atoms with Crippen molar-refractivity contribution in [3.63, 3.8) is 0 Å². The number of amides is 3. The zero-order chi connectivity index (χ0) is 43.7. The summed E-state index contributed by atoms with van der Waals surface area (Å²) in [6.45, 7) is -1.14. The van der Waals surface area contributed by atoms with Gasteiger partial charge in [0.25, 0.3) is 12.4 Å². The Labute approximate surface area is 344 Å². The number of hydrogen-bond acceptors (Lipinski definition) is 14. The van der Waals surface area contributed by atoms with E-state index in [2.05, 4.69) is 20.8 Å². The van der Waals surface area contributed by atoms with Crippen LogP contribution in [0.2, 0.25) is 5.02 Å². The van der Waals surface area contributed by atoms with Crippen molar-refractivity contribution in [1.82, 2.24) is 30.0 Å². The van der Waals surface area contributed by atoms with Gasteiger partial charge >= 0.3 is 5.97 Å². The molecule has 20 nitrogen and oxygen atoms in total. The lowest BCUT2D eigenvalue weighted by Gasteiger charge is -2.40. The van der Waals surface area contributed by atoms with Crippen molar-refractivity contribution < 1.29 is 64.1 Å². The molecule has 3 amide bonds. The van der Waals surface area contributed by atoms with Crippen LogP contribution in [0.15, 0.2) is 67.0 Å². The molecule has 4 aromatic rings. The number of β-amino-alcohol motifs (C(OH)–C–C–N with tert-alkyl or cyclic N) is 1. The Hall–Kier alpha value is -6.20. The molecule has 1 fully saturated rings. The fraction of sp³-hybridized carbons (Fsp3) is 0.316. The quantitative estimate of drug-likeness (QED) is 0.0634. The van der Waals surface area contributed by atoms with Crippen molar-refractivity contribution in [3.05, 3.63) is 100 Å². The standard InChI is InChI=1S/C37H38ClFN8O10.CH2O2/c38-25-9-10-27(47-19-40-42-43-47)24(32(25)39)8-11-30(51)46-13-12-22-23(33(46)36(55)41-21-6-4-20(5-7-21)37(56)57)2-1-3-26(22)45-15-14-44(17-31(45)52)16-28(49)34(53)35(54)29(50)18-48;2-1-3/h1-11,19,28-29,33-35,48-50,53-54H,12-18H2,(H,41,55)(H,56,57);1H,(H,2,3)/b11-8+;/t28?,29?,33-,34?,35?;/m0./s1. The number of nitrogens with zero attached hydrogens (tertiary/aromatic N) is 7. The number of hydrogen-bond donors (Lipinski definition) is 8. The second-order valence-corrected chi connectivity index (χ2v) is 13.9. The number of rotatable bonds is 13. The molecule has 0 spiro atoms. The highest BCUT2D eigenvalue weighted by Crippen LogP contribution is 2.37. The molecule has 8 N–H and O–H groups in total. The van der Waals surface area contributed by atoms with Crippen LogP contribution < -0.4 is 10.2 Å². The topological polar surface area (TPSA) is 292 Å². The molecule has 2 aliphatic heterocycles. The second kappa shape index (κ2) is 20.2. The van der Waals surface area contributed by atoms with Crippen LogP contribution in [0.1, 0.15) is 33.1 Å². The Kier molecular flexibility index (Phi) is 15.1. The van der Waals surface area contributed by atoms with E-state index >= 15 is 4.39 Å². The second-order valence-electron chi connectivity index (χ2n) is 13.5. The molecule has 0 bridgehead atoms. The minimum Gasteiger partial charge on any atom is -0.483 e. The third-order valence-corrected chi connectivity index (χ3v) is 10.1.